The maximum Gasteiger partial charge on any atom is 0.416 e. The third-order valence-corrected chi connectivity index (χ3v) is 5.45. The minimum atomic E-state index is -4.46. The number of anilines is 1. The van der Waals surface area contributed by atoms with Gasteiger partial charge in [-0.3, -0.25) is 4.57 Å². The van der Waals surface area contributed by atoms with Crippen molar-refractivity contribution >= 4 is 17.0 Å². The van der Waals surface area contributed by atoms with Gasteiger partial charge in [0.25, 0.3) is 0 Å². The third-order valence-electron chi connectivity index (χ3n) is 5.45. The van der Waals surface area contributed by atoms with E-state index in [9.17, 15) is 18.3 Å². The Morgan fingerprint density at radius 2 is 1.58 bits per heavy atom. The highest BCUT2D eigenvalue weighted by molar-refractivity contribution is 5.84. The zero-order chi connectivity index (χ0) is 27.9. The van der Waals surface area contributed by atoms with E-state index < -0.39 is 11.7 Å². The van der Waals surface area contributed by atoms with Crippen LogP contribution in [0.15, 0.2) is 79.0 Å². The van der Waals surface area contributed by atoms with E-state index in [1.807, 2.05) is 27.7 Å². The second kappa shape index (κ2) is 12.3. The van der Waals surface area contributed by atoms with Gasteiger partial charge in [0.05, 0.1) is 23.4 Å². The number of nitrogen functional groups attached to an aromatic ring is 1. The second-order valence-corrected chi connectivity index (χ2v) is 7.65. The van der Waals surface area contributed by atoms with E-state index in [1.165, 1.54) is 6.07 Å². The van der Waals surface area contributed by atoms with Crippen molar-refractivity contribution in [2.24, 2.45) is 0 Å². The number of aliphatic hydroxyl groups is 1. The predicted molar refractivity (Wildman–Crippen MR) is 146 cm³/mol. The van der Waals surface area contributed by atoms with E-state index in [0.717, 1.165) is 17.7 Å². The first-order chi connectivity index (χ1) is 18.3. The molecule has 0 aliphatic rings. The minimum Gasteiger partial charge on any atom is -0.392 e. The summed E-state index contributed by atoms with van der Waals surface area (Å²) in [5.74, 6) is 0.773. The number of pyridine rings is 2. The maximum absolute atomic E-state index is 13.2. The lowest BCUT2D eigenvalue weighted by Gasteiger charge is -2.11. The van der Waals surface area contributed by atoms with E-state index in [1.54, 1.807) is 65.4 Å². The quantitative estimate of drug-likeness (QED) is 0.259. The highest BCUT2D eigenvalue weighted by Gasteiger charge is 2.30. The van der Waals surface area contributed by atoms with Crippen LogP contribution in [0.25, 0.3) is 39.5 Å². The molecule has 0 saturated carbocycles. The number of fused-ring (bicyclic) bond motifs is 1. The molecule has 2 aromatic carbocycles. The first kappa shape index (κ1) is 28.3. The lowest BCUT2D eigenvalue weighted by Crippen LogP contribution is -2.05. The molecule has 0 spiro atoms. The van der Waals surface area contributed by atoms with Crippen molar-refractivity contribution in [2.45, 2.75) is 40.5 Å². The van der Waals surface area contributed by atoms with Gasteiger partial charge in [-0.2, -0.15) is 13.2 Å². The molecule has 5 aromatic rings. The zero-order valence-electron chi connectivity index (χ0n) is 21.7. The van der Waals surface area contributed by atoms with Gasteiger partial charge in [-0.25, -0.2) is 15.0 Å². The fourth-order valence-electron chi connectivity index (χ4n) is 3.76. The molecule has 38 heavy (non-hydrogen) atoms. The van der Waals surface area contributed by atoms with Crippen LogP contribution in [0.3, 0.4) is 0 Å². The van der Waals surface area contributed by atoms with Gasteiger partial charge in [-0.1, -0.05) is 52.0 Å². The minimum absolute atomic E-state index is 0.106. The average molecular weight is 522 g/mol. The molecule has 0 fully saturated rings. The van der Waals surface area contributed by atoms with Crippen LogP contribution in [0, 0.1) is 0 Å². The number of nitrogens with two attached hydrogens (primary N) is 1. The molecule has 0 saturated heterocycles. The van der Waals surface area contributed by atoms with E-state index in [-0.39, 0.29) is 12.4 Å². The van der Waals surface area contributed by atoms with Gasteiger partial charge in [-0.15, -0.1) is 0 Å². The number of benzene rings is 2. The molecule has 9 heteroatoms. The van der Waals surface area contributed by atoms with Crippen molar-refractivity contribution in [3.05, 3.63) is 90.1 Å². The SMILES string of the molecule is CC.CC.Nc1ncccc1-c1nc2ccc(-c3cccc(C(F)(F)F)c3)nc2n1-c1ccc(CO)cc1. The fourth-order valence-corrected chi connectivity index (χ4v) is 3.76. The molecule has 0 aliphatic heterocycles. The highest BCUT2D eigenvalue weighted by atomic mass is 19.4. The van der Waals surface area contributed by atoms with Gasteiger partial charge < -0.3 is 10.8 Å². The fraction of sp³-hybridized carbons (Fsp3) is 0.207. The van der Waals surface area contributed by atoms with Crippen LogP contribution in [0.1, 0.15) is 38.8 Å². The molecule has 0 atom stereocenters. The number of nitrogens with zero attached hydrogens (tertiary/aromatic N) is 4. The number of alkyl halides is 3. The number of aliphatic hydroxyl groups excluding tert-OH is 1. The number of hydrogen-bond donors (Lipinski definition) is 2. The van der Waals surface area contributed by atoms with Crippen LogP contribution in [-0.2, 0) is 12.8 Å². The number of imidazole rings is 1. The number of hydrogen-bond acceptors (Lipinski definition) is 5. The Morgan fingerprint density at radius 3 is 2.21 bits per heavy atom. The summed E-state index contributed by atoms with van der Waals surface area (Å²) in [6.45, 7) is 7.89. The smallest absolute Gasteiger partial charge is 0.392 e. The first-order valence-corrected chi connectivity index (χ1v) is 12.3. The predicted octanol–water partition coefficient (Wildman–Crippen LogP) is 7.30. The van der Waals surface area contributed by atoms with Crippen molar-refractivity contribution in [3.8, 4) is 28.3 Å². The summed E-state index contributed by atoms with van der Waals surface area (Å²) in [5, 5.41) is 9.41. The lowest BCUT2D eigenvalue weighted by atomic mass is 10.1. The second-order valence-electron chi connectivity index (χ2n) is 7.65. The van der Waals surface area contributed by atoms with Gasteiger partial charge in [0.1, 0.15) is 11.3 Å². The van der Waals surface area contributed by atoms with Crippen LogP contribution >= 0.6 is 0 Å². The molecule has 198 valence electrons. The van der Waals surface area contributed by atoms with Crippen LogP contribution in [0.5, 0.6) is 0 Å². The lowest BCUT2D eigenvalue weighted by molar-refractivity contribution is -0.137. The number of aromatic nitrogens is 4. The van der Waals surface area contributed by atoms with E-state index >= 15 is 0 Å². The van der Waals surface area contributed by atoms with Gasteiger partial charge in [0, 0.05) is 17.4 Å². The largest absolute Gasteiger partial charge is 0.416 e. The van der Waals surface area contributed by atoms with Crippen molar-refractivity contribution in [2.75, 3.05) is 5.73 Å². The van der Waals surface area contributed by atoms with Gasteiger partial charge >= 0.3 is 6.18 Å². The van der Waals surface area contributed by atoms with Crippen molar-refractivity contribution in [1.29, 1.82) is 0 Å². The van der Waals surface area contributed by atoms with Gasteiger partial charge in [0.15, 0.2) is 11.5 Å². The topological polar surface area (TPSA) is 89.9 Å². The Morgan fingerprint density at radius 1 is 0.868 bits per heavy atom. The summed E-state index contributed by atoms with van der Waals surface area (Å²) >= 11 is 0. The molecular weight excluding hydrogens is 491 g/mol. The Labute approximate surface area is 219 Å². The Hall–Kier alpha value is -4.24. The Balaban J connectivity index is 0.000000956. The summed E-state index contributed by atoms with van der Waals surface area (Å²) < 4.78 is 41.5. The zero-order valence-corrected chi connectivity index (χ0v) is 21.7. The van der Waals surface area contributed by atoms with E-state index in [4.69, 9.17) is 10.7 Å². The summed E-state index contributed by atoms with van der Waals surface area (Å²) in [5.41, 5.74) is 9.09. The molecule has 3 N–H and O–H groups in total. The first-order valence-electron chi connectivity index (χ1n) is 12.3. The molecule has 5 rings (SSSR count). The monoisotopic (exact) mass is 521 g/mol. The summed E-state index contributed by atoms with van der Waals surface area (Å²) in [6, 6.07) is 19.1. The molecular formula is C29H30F3N5O. The van der Waals surface area contributed by atoms with Crippen LogP contribution in [-0.4, -0.2) is 24.6 Å². The summed E-state index contributed by atoms with van der Waals surface area (Å²) in [7, 11) is 0. The van der Waals surface area contributed by atoms with Crippen molar-refractivity contribution in [1.82, 2.24) is 19.5 Å². The van der Waals surface area contributed by atoms with Crippen molar-refractivity contribution in [3.63, 3.8) is 0 Å². The highest BCUT2D eigenvalue weighted by Crippen LogP contribution is 2.34. The maximum atomic E-state index is 13.2. The van der Waals surface area contributed by atoms with Gasteiger partial charge in [0.2, 0.25) is 0 Å². The van der Waals surface area contributed by atoms with Crippen LogP contribution in [0.4, 0.5) is 19.0 Å². The Kier molecular flexibility index (Phi) is 9.20. The third kappa shape index (κ3) is 5.84. The standard InChI is InChI=1S/C25H18F3N5O.2C2H6/c26-25(27,28)17-4-1-3-16(13-17)20-10-11-21-24(31-20)33(18-8-6-15(14-34)7-9-18)23(32-21)19-5-2-12-30-22(19)29;2*1-2/h1-13,34H,14H2,(H2,29,30);2*1-2H3. The molecule has 0 unspecified atom stereocenters. The van der Waals surface area contributed by atoms with E-state index in [0.29, 0.717) is 39.5 Å². The average Bonchev–Trinajstić information content (AvgIpc) is 3.33. The van der Waals surface area contributed by atoms with E-state index in [2.05, 4.69) is 9.97 Å². The van der Waals surface area contributed by atoms with Crippen molar-refractivity contribution < 1.29 is 18.3 Å². The molecule has 3 heterocycles. The molecule has 6 nitrogen and oxygen atoms in total. The molecule has 0 radical (unpaired) electrons. The Bertz CT molecular complexity index is 1490. The van der Waals surface area contributed by atoms with Gasteiger partial charge in [-0.05, 0) is 54.1 Å². The molecule has 3 aromatic heterocycles. The number of halogens is 3. The summed E-state index contributed by atoms with van der Waals surface area (Å²) in [6.07, 6.45) is -2.88. The van der Waals surface area contributed by atoms with Crippen LogP contribution < -0.4 is 5.73 Å². The van der Waals surface area contributed by atoms with Crippen LogP contribution in [0.2, 0.25) is 0 Å². The normalized spacial score (nSPS) is 10.8. The molecule has 0 amide bonds. The summed E-state index contributed by atoms with van der Waals surface area (Å²) in [4.78, 5) is 13.5. The number of rotatable bonds is 4. The molecule has 0 bridgehead atoms. The molecule has 0 aliphatic carbocycles.